The monoisotopic (exact) mass is 293 g/mol. The average Bonchev–Trinajstić information content (AvgIpc) is 2.45. The Labute approximate surface area is 122 Å². The van der Waals surface area contributed by atoms with Crippen molar-refractivity contribution in [3.63, 3.8) is 0 Å². The molecule has 0 fully saturated rings. The Morgan fingerprint density at radius 1 is 1.14 bits per heavy atom. The van der Waals surface area contributed by atoms with E-state index in [0.717, 1.165) is 0 Å². The van der Waals surface area contributed by atoms with Gasteiger partial charge in [-0.2, -0.15) is 0 Å². The molecule has 0 atom stereocenters. The van der Waals surface area contributed by atoms with Crippen molar-refractivity contribution in [2.24, 2.45) is 0 Å². The number of anilines is 1. The van der Waals surface area contributed by atoms with Crippen LogP contribution in [-0.4, -0.2) is 36.6 Å². The highest BCUT2D eigenvalue weighted by Crippen LogP contribution is 2.24. The fraction of sp³-hybridized carbons (Fsp3) is 0.357. The third-order valence-corrected chi connectivity index (χ3v) is 3.09. The van der Waals surface area contributed by atoms with Crippen molar-refractivity contribution in [3.8, 4) is 0 Å². The molecule has 0 radical (unpaired) electrons. The number of carboxylic acids is 1. The van der Waals surface area contributed by atoms with Gasteiger partial charge < -0.3 is 21.1 Å². The van der Waals surface area contributed by atoms with Gasteiger partial charge in [0.05, 0.1) is 12.0 Å². The van der Waals surface area contributed by atoms with E-state index in [9.17, 15) is 14.4 Å². The largest absolute Gasteiger partial charge is 0.481 e. The molecule has 1 aromatic rings. The van der Waals surface area contributed by atoms with E-state index < -0.39 is 17.4 Å². The summed E-state index contributed by atoms with van der Waals surface area (Å²) in [7, 11) is 1.48. The van der Waals surface area contributed by atoms with Gasteiger partial charge in [-0.15, -0.1) is 0 Å². The fourth-order valence-electron chi connectivity index (χ4n) is 1.52. The first kappa shape index (κ1) is 16.5. The van der Waals surface area contributed by atoms with Gasteiger partial charge in [0.25, 0.3) is 0 Å². The minimum atomic E-state index is -1.000. The van der Waals surface area contributed by atoms with E-state index in [0.29, 0.717) is 11.3 Å². The predicted octanol–water partition coefficient (Wildman–Crippen LogP) is 0.916. The highest BCUT2D eigenvalue weighted by atomic mass is 16.4. The minimum absolute atomic E-state index is 0.119. The SMILES string of the molecule is CNC(=O)CNC(=O)Nc1ccc(C(C)(C)C(=O)O)cc1. The van der Waals surface area contributed by atoms with E-state index in [1.807, 2.05) is 0 Å². The van der Waals surface area contributed by atoms with Crippen LogP contribution in [0, 0.1) is 0 Å². The molecular weight excluding hydrogens is 274 g/mol. The molecule has 0 aliphatic rings. The van der Waals surface area contributed by atoms with Gasteiger partial charge in [0.15, 0.2) is 0 Å². The van der Waals surface area contributed by atoms with Crippen molar-refractivity contribution >= 4 is 23.6 Å². The normalized spacial score (nSPS) is 10.6. The molecular formula is C14H19N3O4. The number of aliphatic carboxylic acids is 1. The van der Waals surface area contributed by atoms with E-state index in [1.54, 1.807) is 38.1 Å². The van der Waals surface area contributed by atoms with E-state index in [4.69, 9.17) is 5.11 Å². The van der Waals surface area contributed by atoms with Gasteiger partial charge in [0, 0.05) is 12.7 Å². The summed E-state index contributed by atoms with van der Waals surface area (Å²) < 4.78 is 0. The first-order chi connectivity index (χ1) is 9.77. The second-order valence-electron chi connectivity index (χ2n) is 4.99. The topological polar surface area (TPSA) is 108 Å². The van der Waals surface area contributed by atoms with Gasteiger partial charge in [-0.3, -0.25) is 9.59 Å². The van der Waals surface area contributed by atoms with Crippen molar-refractivity contribution < 1.29 is 19.5 Å². The highest BCUT2D eigenvalue weighted by molar-refractivity contribution is 5.92. The zero-order valence-corrected chi connectivity index (χ0v) is 12.2. The zero-order chi connectivity index (χ0) is 16.0. The molecule has 0 aliphatic carbocycles. The average molecular weight is 293 g/mol. The summed E-state index contributed by atoms with van der Waals surface area (Å²) in [6.07, 6.45) is 0. The number of carbonyl (C=O) groups is 3. The van der Waals surface area contributed by atoms with Gasteiger partial charge in [-0.1, -0.05) is 12.1 Å². The van der Waals surface area contributed by atoms with Gasteiger partial charge >= 0.3 is 12.0 Å². The Morgan fingerprint density at radius 3 is 2.19 bits per heavy atom. The highest BCUT2D eigenvalue weighted by Gasteiger charge is 2.29. The summed E-state index contributed by atoms with van der Waals surface area (Å²) in [6.45, 7) is 3.09. The molecule has 3 amide bonds. The molecule has 7 heteroatoms. The van der Waals surface area contributed by atoms with Crippen LogP contribution in [0.1, 0.15) is 19.4 Å². The lowest BCUT2D eigenvalue weighted by molar-refractivity contribution is -0.142. The number of carboxylic acid groups (broad SMARTS) is 1. The lowest BCUT2D eigenvalue weighted by atomic mass is 9.85. The van der Waals surface area contributed by atoms with E-state index in [-0.39, 0.29) is 12.5 Å². The number of hydrogen-bond donors (Lipinski definition) is 4. The van der Waals surface area contributed by atoms with Crippen LogP contribution in [0.3, 0.4) is 0 Å². The Hall–Kier alpha value is -2.57. The van der Waals surface area contributed by atoms with Gasteiger partial charge in [-0.25, -0.2) is 4.79 Å². The molecule has 4 N–H and O–H groups in total. The molecule has 1 aromatic carbocycles. The Bertz CT molecular complexity index is 538. The number of amides is 3. The molecule has 0 spiro atoms. The van der Waals surface area contributed by atoms with Crippen LogP contribution in [-0.2, 0) is 15.0 Å². The van der Waals surface area contributed by atoms with E-state index in [1.165, 1.54) is 7.05 Å². The van der Waals surface area contributed by atoms with Crippen LogP contribution in [0.5, 0.6) is 0 Å². The number of carbonyl (C=O) groups excluding carboxylic acids is 2. The van der Waals surface area contributed by atoms with Crippen molar-refractivity contribution in [1.82, 2.24) is 10.6 Å². The molecule has 1 rings (SSSR count). The van der Waals surface area contributed by atoms with Crippen LogP contribution >= 0.6 is 0 Å². The number of likely N-dealkylation sites (N-methyl/N-ethyl adjacent to an activating group) is 1. The molecule has 21 heavy (non-hydrogen) atoms. The van der Waals surface area contributed by atoms with E-state index >= 15 is 0 Å². The molecule has 114 valence electrons. The van der Waals surface area contributed by atoms with Gasteiger partial charge in [0.1, 0.15) is 0 Å². The summed E-state index contributed by atoms with van der Waals surface area (Å²) in [5, 5.41) is 16.5. The molecule has 0 unspecified atom stereocenters. The molecule has 0 saturated carbocycles. The summed E-state index contributed by atoms with van der Waals surface area (Å²) in [4.78, 5) is 33.6. The molecule has 0 bridgehead atoms. The van der Waals surface area contributed by atoms with Crippen molar-refractivity contribution in [1.29, 1.82) is 0 Å². The van der Waals surface area contributed by atoms with Crippen LogP contribution in [0.25, 0.3) is 0 Å². The third kappa shape index (κ3) is 4.48. The van der Waals surface area contributed by atoms with Crippen LogP contribution < -0.4 is 16.0 Å². The van der Waals surface area contributed by atoms with Crippen molar-refractivity contribution in [2.45, 2.75) is 19.3 Å². The summed E-state index contributed by atoms with van der Waals surface area (Å²) >= 11 is 0. The summed E-state index contributed by atoms with van der Waals surface area (Å²) in [5.74, 6) is -1.23. The number of rotatable bonds is 5. The number of nitrogens with one attached hydrogen (secondary N) is 3. The summed E-state index contributed by atoms with van der Waals surface area (Å²) in [5.41, 5.74) is 0.140. The maximum Gasteiger partial charge on any atom is 0.319 e. The Kier molecular flexibility index (Phi) is 5.29. The standard InChI is InChI=1S/C14H19N3O4/c1-14(2,12(19)20)9-4-6-10(7-5-9)17-13(21)16-8-11(18)15-3/h4-7H,8H2,1-3H3,(H,15,18)(H,19,20)(H2,16,17,21). The number of benzene rings is 1. The molecule has 7 nitrogen and oxygen atoms in total. The van der Waals surface area contributed by atoms with Gasteiger partial charge in [-0.05, 0) is 31.5 Å². The summed E-state index contributed by atoms with van der Waals surface area (Å²) in [6, 6.07) is 5.99. The van der Waals surface area contributed by atoms with Crippen LogP contribution in [0.4, 0.5) is 10.5 Å². The van der Waals surface area contributed by atoms with Crippen molar-refractivity contribution in [3.05, 3.63) is 29.8 Å². The lowest BCUT2D eigenvalue weighted by Gasteiger charge is -2.19. The van der Waals surface area contributed by atoms with Crippen LogP contribution in [0.15, 0.2) is 24.3 Å². The van der Waals surface area contributed by atoms with Gasteiger partial charge in [0.2, 0.25) is 5.91 Å². The number of hydrogen-bond acceptors (Lipinski definition) is 3. The molecule has 0 heterocycles. The quantitative estimate of drug-likeness (QED) is 0.647. The Morgan fingerprint density at radius 2 is 1.71 bits per heavy atom. The zero-order valence-electron chi connectivity index (χ0n) is 12.2. The maximum absolute atomic E-state index is 11.5. The molecule has 0 aliphatic heterocycles. The number of urea groups is 1. The first-order valence-electron chi connectivity index (χ1n) is 6.36. The molecule has 0 aromatic heterocycles. The Balaban J connectivity index is 2.65. The smallest absolute Gasteiger partial charge is 0.319 e. The van der Waals surface area contributed by atoms with Crippen molar-refractivity contribution in [2.75, 3.05) is 18.9 Å². The molecule has 0 saturated heterocycles. The predicted molar refractivity (Wildman–Crippen MR) is 78.2 cm³/mol. The lowest BCUT2D eigenvalue weighted by Crippen LogP contribution is -2.37. The third-order valence-electron chi connectivity index (χ3n) is 3.09. The second kappa shape index (κ2) is 6.74. The maximum atomic E-state index is 11.5. The van der Waals surface area contributed by atoms with Crippen LogP contribution in [0.2, 0.25) is 0 Å². The first-order valence-corrected chi connectivity index (χ1v) is 6.36. The van der Waals surface area contributed by atoms with E-state index in [2.05, 4.69) is 16.0 Å². The minimum Gasteiger partial charge on any atom is -0.481 e. The fourth-order valence-corrected chi connectivity index (χ4v) is 1.52. The second-order valence-corrected chi connectivity index (χ2v) is 4.99.